The first kappa shape index (κ1) is 18.7. The van der Waals surface area contributed by atoms with Gasteiger partial charge in [0, 0.05) is 25.1 Å². The number of hydrogen-bond acceptors (Lipinski definition) is 4. The van der Waals surface area contributed by atoms with Crippen LogP contribution in [-0.2, 0) is 17.4 Å². The van der Waals surface area contributed by atoms with E-state index in [1.807, 2.05) is 12.1 Å². The number of alkyl halides is 3. The molecule has 1 atom stereocenters. The number of nitrogens with zero attached hydrogens (tertiary/aromatic N) is 3. The molecule has 0 spiro atoms. The highest BCUT2D eigenvalue weighted by Crippen LogP contribution is 2.32. The summed E-state index contributed by atoms with van der Waals surface area (Å²) in [6.45, 7) is 0.987. The van der Waals surface area contributed by atoms with Crippen molar-refractivity contribution in [1.29, 1.82) is 0 Å². The van der Waals surface area contributed by atoms with Crippen molar-refractivity contribution >= 4 is 11.7 Å². The Morgan fingerprint density at radius 1 is 1.11 bits per heavy atom. The van der Waals surface area contributed by atoms with E-state index in [9.17, 15) is 18.0 Å². The van der Waals surface area contributed by atoms with E-state index in [-0.39, 0.29) is 23.7 Å². The molecule has 2 aromatic rings. The number of fused-ring (bicyclic) bond motifs is 1. The SMILES string of the molecule is O=C(NC1CCc2ccccc21)C1CCN(c2cc(C(F)(F)F)ncn2)CC1. The largest absolute Gasteiger partial charge is 0.433 e. The van der Waals surface area contributed by atoms with Crippen LogP contribution in [0, 0.1) is 5.92 Å². The Kier molecular flexibility index (Phi) is 4.95. The first-order valence-electron chi connectivity index (χ1n) is 9.44. The topological polar surface area (TPSA) is 58.1 Å². The summed E-state index contributed by atoms with van der Waals surface area (Å²) in [5.74, 6) is 0.152. The van der Waals surface area contributed by atoms with Crippen LogP contribution in [0.25, 0.3) is 0 Å². The molecule has 1 unspecified atom stereocenters. The number of carbonyl (C=O) groups excluding carboxylic acids is 1. The van der Waals surface area contributed by atoms with E-state index in [0.717, 1.165) is 25.2 Å². The lowest BCUT2D eigenvalue weighted by Gasteiger charge is -2.32. The van der Waals surface area contributed by atoms with E-state index < -0.39 is 11.9 Å². The van der Waals surface area contributed by atoms with Gasteiger partial charge in [0.25, 0.3) is 0 Å². The van der Waals surface area contributed by atoms with Crippen LogP contribution < -0.4 is 10.2 Å². The zero-order chi connectivity index (χ0) is 19.7. The molecule has 0 bridgehead atoms. The predicted octanol–water partition coefficient (Wildman–Crippen LogP) is 3.52. The summed E-state index contributed by atoms with van der Waals surface area (Å²) in [5.41, 5.74) is 1.53. The summed E-state index contributed by atoms with van der Waals surface area (Å²) in [5, 5.41) is 3.16. The number of aromatic nitrogens is 2. The smallest absolute Gasteiger partial charge is 0.356 e. The van der Waals surface area contributed by atoms with Crippen LogP contribution in [0.15, 0.2) is 36.7 Å². The number of carbonyl (C=O) groups is 1. The Morgan fingerprint density at radius 3 is 2.61 bits per heavy atom. The highest BCUT2D eigenvalue weighted by Gasteiger charge is 2.34. The third-order valence-corrected chi connectivity index (χ3v) is 5.58. The summed E-state index contributed by atoms with van der Waals surface area (Å²) in [6, 6.07) is 9.17. The first-order valence-corrected chi connectivity index (χ1v) is 9.44. The molecular weight excluding hydrogens is 369 g/mol. The Balaban J connectivity index is 1.35. The molecule has 1 aromatic heterocycles. The average molecular weight is 390 g/mol. The maximum absolute atomic E-state index is 12.8. The van der Waals surface area contributed by atoms with Gasteiger partial charge in [-0.3, -0.25) is 4.79 Å². The number of aryl methyl sites for hydroxylation is 1. The quantitative estimate of drug-likeness (QED) is 0.871. The third kappa shape index (κ3) is 3.81. The summed E-state index contributed by atoms with van der Waals surface area (Å²) in [4.78, 5) is 21.7. The van der Waals surface area contributed by atoms with Crippen molar-refractivity contribution < 1.29 is 18.0 Å². The van der Waals surface area contributed by atoms with Crippen LogP contribution in [-0.4, -0.2) is 29.0 Å². The third-order valence-electron chi connectivity index (χ3n) is 5.58. The molecule has 5 nitrogen and oxygen atoms in total. The minimum Gasteiger partial charge on any atom is -0.356 e. The van der Waals surface area contributed by atoms with Crippen LogP contribution in [0.4, 0.5) is 19.0 Å². The van der Waals surface area contributed by atoms with Gasteiger partial charge in [-0.15, -0.1) is 0 Å². The zero-order valence-electron chi connectivity index (χ0n) is 15.2. The summed E-state index contributed by atoms with van der Waals surface area (Å²) in [7, 11) is 0. The van der Waals surface area contributed by atoms with Crippen LogP contribution >= 0.6 is 0 Å². The molecule has 1 aliphatic heterocycles. The van der Waals surface area contributed by atoms with E-state index in [2.05, 4.69) is 27.4 Å². The summed E-state index contributed by atoms with van der Waals surface area (Å²) >= 11 is 0. The van der Waals surface area contributed by atoms with Crippen molar-refractivity contribution in [3.8, 4) is 0 Å². The monoisotopic (exact) mass is 390 g/mol. The van der Waals surface area contributed by atoms with E-state index in [0.29, 0.717) is 25.9 Å². The second-order valence-corrected chi connectivity index (χ2v) is 7.32. The molecular formula is C20H21F3N4O. The van der Waals surface area contributed by atoms with Crippen molar-refractivity contribution in [3.05, 3.63) is 53.5 Å². The fraction of sp³-hybridized carbons (Fsp3) is 0.450. The standard InChI is InChI=1S/C20H21F3N4O/c21-20(22,23)17-11-18(25-12-24-17)27-9-7-14(8-10-27)19(28)26-16-6-5-13-3-1-2-4-15(13)16/h1-4,11-12,14,16H,5-10H2,(H,26,28). The molecule has 1 fully saturated rings. The van der Waals surface area contributed by atoms with Gasteiger partial charge in [0.1, 0.15) is 17.8 Å². The molecule has 1 aromatic carbocycles. The van der Waals surface area contributed by atoms with Crippen molar-refractivity contribution in [2.75, 3.05) is 18.0 Å². The maximum atomic E-state index is 12.8. The van der Waals surface area contributed by atoms with E-state index in [4.69, 9.17) is 0 Å². The number of rotatable bonds is 3. The molecule has 4 rings (SSSR count). The molecule has 28 heavy (non-hydrogen) atoms. The molecule has 1 aliphatic carbocycles. The Morgan fingerprint density at radius 2 is 1.86 bits per heavy atom. The fourth-order valence-corrected chi connectivity index (χ4v) is 4.04. The molecule has 1 saturated heterocycles. The minimum atomic E-state index is -4.49. The number of amides is 1. The van der Waals surface area contributed by atoms with Gasteiger partial charge in [0.2, 0.25) is 5.91 Å². The normalized spacial score (nSPS) is 20.1. The molecule has 1 amide bonds. The zero-order valence-corrected chi connectivity index (χ0v) is 15.2. The van der Waals surface area contributed by atoms with Crippen LogP contribution in [0.3, 0.4) is 0 Å². The molecule has 0 radical (unpaired) electrons. The lowest BCUT2D eigenvalue weighted by Crippen LogP contribution is -2.41. The predicted molar refractivity (Wildman–Crippen MR) is 97.6 cm³/mol. The highest BCUT2D eigenvalue weighted by atomic mass is 19.4. The van der Waals surface area contributed by atoms with Crippen molar-refractivity contribution in [3.63, 3.8) is 0 Å². The van der Waals surface area contributed by atoms with Gasteiger partial charge in [0.05, 0.1) is 6.04 Å². The summed E-state index contributed by atoms with van der Waals surface area (Å²) < 4.78 is 38.5. The minimum absolute atomic E-state index is 0.0278. The molecule has 0 saturated carbocycles. The lowest BCUT2D eigenvalue weighted by molar-refractivity contribution is -0.141. The molecule has 148 valence electrons. The maximum Gasteiger partial charge on any atom is 0.433 e. The van der Waals surface area contributed by atoms with Gasteiger partial charge in [0.15, 0.2) is 0 Å². The van der Waals surface area contributed by atoms with Gasteiger partial charge < -0.3 is 10.2 Å². The Bertz CT molecular complexity index is 863. The summed E-state index contributed by atoms with van der Waals surface area (Å²) in [6.07, 6.45) is -0.501. The second-order valence-electron chi connectivity index (χ2n) is 7.32. The number of piperidine rings is 1. The molecule has 8 heteroatoms. The average Bonchev–Trinajstić information content (AvgIpc) is 3.10. The number of nitrogens with one attached hydrogen (secondary N) is 1. The van der Waals surface area contributed by atoms with Crippen molar-refractivity contribution in [2.24, 2.45) is 5.92 Å². The molecule has 1 N–H and O–H groups in total. The van der Waals surface area contributed by atoms with E-state index in [1.165, 1.54) is 11.1 Å². The second kappa shape index (κ2) is 7.41. The van der Waals surface area contributed by atoms with Crippen LogP contribution in [0.1, 0.15) is 42.1 Å². The number of hydrogen-bond donors (Lipinski definition) is 1. The number of halogens is 3. The van der Waals surface area contributed by atoms with E-state index >= 15 is 0 Å². The van der Waals surface area contributed by atoms with Gasteiger partial charge >= 0.3 is 6.18 Å². The Labute approximate surface area is 161 Å². The van der Waals surface area contributed by atoms with Crippen LogP contribution in [0.5, 0.6) is 0 Å². The first-order chi connectivity index (χ1) is 13.4. The lowest BCUT2D eigenvalue weighted by atomic mass is 9.95. The molecule has 2 aliphatic rings. The molecule has 2 heterocycles. The van der Waals surface area contributed by atoms with Gasteiger partial charge in [-0.1, -0.05) is 24.3 Å². The van der Waals surface area contributed by atoms with Crippen molar-refractivity contribution in [1.82, 2.24) is 15.3 Å². The van der Waals surface area contributed by atoms with E-state index in [1.54, 1.807) is 4.90 Å². The fourth-order valence-electron chi connectivity index (χ4n) is 4.04. The Hall–Kier alpha value is -2.64. The van der Waals surface area contributed by atoms with Crippen LogP contribution in [0.2, 0.25) is 0 Å². The van der Waals surface area contributed by atoms with Gasteiger partial charge in [-0.2, -0.15) is 13.2 Å². The van der Waals surface area contributed by atoms with Gasteiger partial charge in [-0.05, 0) is 36.8 Å². The van der Waals surface area contributed by atoms with Gasteiger partial charge in [-0.25, -0.2) is 9.97 Å². The highest BCUT2D eigenvalue weighted by molar-refractivity contribution is 5.79. The van der Waals surface area contributed by atoms with Crippen molar-refractivity contribution in [2.45, 2.75) is 37.9 Å². The number of benzene rings is 1. The number of anilines is 1.